The van der Waals surface area contributed by atoms with E-state index in [9.17, 15) is 0 Å². The van der Waals surface area contributed by atoms with Crippen molar-refractivity contribution in [1.82, 2.24) is 14.9 Å². The first-order valence-electron chi connectivity index (χ1n) is 4.53. The van der Waals surface area contributed by atoms with E-state index < -0.39 is 0 Å². The van der Waals surface area contributed by atoms with E-state index in [1.54, 1.807) is 6.33 Å². The Morgan fingerprint density at radius 3 is 3.25 bits per heavy atom. The topological polar surface area (TPSA) is 31.9 Å². The van der Waals surface area contributed by atoms with Crippen molar-refractivity contribution in [2.75, 3.05) is 20.1 Å². The van der Waals surface area contributed by atoms with Crippen molar-refractivity contribution in [3.8, 4) is 0 Å². The van der Waals surface area contributed by atoms with Crippen LogP contribution in [0, 0.1) is 0 Å². The molecule has 1 aromatic rings. The van der Waals surface area contributed by atoms with Gasteiger partial charge in [0, 0.05) is 24.4 Å². The number of nitrogens with one attached hydrogen (secondary N) is 1. The van der Waals surface area contributed by atoms with Gasteiger partial charge >= 0.3 is 0 Å². The molecule has 0 bridgehead atoms. The van der Waals surface area contributed by atoms with Gasteiger partial charge in [-0.15, -0.1) is 0 Å². The van der Waals surface area contributed by atoms with Crippen molar-refractivity contribution >= 4 is 0 Å². The molecule has 2 heterocycles. The molecule has 0 spiro atoms. The third-order valence-electron chi connectivity index (χ3n) is 2.58. The average Bonchev–Trinajstić information content (AvgIpc) is 2.56. The Hall–Kier alpha value is -0.830. The molecule has 66 valence electrons. The molecule has 0 aromatic carbocycles. The molecule has 0 amide bonds. The molecule has 0 saturated carbocycles. The number of hydrogen-bond acceptors (Lipinski definition) is 2. The number of aromatic nitrogens is 2. The minimum Gasteiger partial charge on any atom is -0.348 e. The highest BCUT2D eigenvalue weighted by Gasteiger charge is 2.19. The number of hydrogen-bond donors (Lipinski definition) is 1. The number of aromatic amines is 1. The van der Waals surface area contributed by atoms with E-state index >= 15 is 0 Å². The van der Waals surface area contributed by atoms with E-state index in [0.717, 1.165) is 0 Å². The first kappa shape index (κ1) is 7.80. The molecule has 3 heteroatoms. The van der Waals surface area contributed by atoms with E-state index in [1.165, 1.54) is 31.6 Å². The summed E-state index contributed by atoms with van der Waals surface area (Å²) in [6.45, 7) is 2.41. The molecule has 1 unspecified atom stereocenters. The lowest BCUT2D eigenvalue weighted by Gasteiger charge is -2.28. The number of rotatable bonds is 1. The van der Waals surface area contributed by atoms with Gasteiger partial charge in [0.15, 0.2) is 0 Å². The Morgan fingerprint density at radius 2 is 2.58 bits per heavy atom. The zero-order valence-corrected chi connectivity index (χ0v) is 7.45. The number of piperidine rings is 1. The fourth-order valence-electron chi connectivity index (χ4n) is 1.91. The van der Waals surface area contributed by atoms with Crippen LogP contribution in [-0.4, -0.2) is 35.0 Å². The smallest absolute Gasteiger partial charge is 0.0921 e. The lowest BCUT2D eigenvalue weighted by Crippen LogP contribution is -2.30. The van der Waals surface area contributed by atoms with Crippen LogP contribution in [0.4, 0.5) is 0 Å². The molecule has 1 N–H and O–H groups in total. The Labute approximate surface area is 72.8 Å². The first-order chi connectivity index (χ1) is 5.86. The van der Waals surface area contributed by atoms with E-state index in [-0.39, 0.29) is 0 Å². The fraction of sp³-hybridized carbons (Fsp3) is 0.667. The van der Waals surface area contributed by atoms with Gasteiger partial charge in [0.25, 0.3) is 0 Å². The van der Waals surface area contributed by atoms with Gasteiger partial charge in [-0.1, -0.05) is 0 Å². The summed E-state index contributed by atoms with van der Waals surface area (Å²) in [6, 6.07) is 0. The Bertz CT molecular complexity index is 230. The van der Waals surface area contributed by atoms with Crippen molar-refractivity contribution < 1.29 is 0 Å². The minimum absolute atomic E-state index is 0.672. The minimum atomic E-state index is 0.672. The summed E-state index contributed by atoms with van der Waals surface area (Å²) in [6.07, 6.45) is 6.32. The van der Waals surface area contributed by atoms with Crippen molar-refractivity contribution in [2.24, 2.45) is 0 Å². The monoisotopic (exact) mass is 165 g/mol. The highest BCUT2D eigenvalue weighted by atomic mass is 15.1. The van der Waals surface area contributed by atoms with Crippen molar-refractivity contribution in [3.63, 3.8) is 0 Å². The highest BCUT2D eigenvalue weighted by molar-refractivity contribution is 5.05. The predicted octanol–water partition coefficient (Wildman–Crippen LogP) is 1.22. The number of nitrogens with zero attached hydrogens (tertiary/aromatic N) is 2. The van der Waals surface area contributed by atoms with E-state index in [4.69, 9.17) is 0 Å². The van der Waals surface area contributed by atoms with Crippen LogP contribution in [0.2, 0.25) is 0 Å². The molecule has 1 aromatic heterocycles. The van der Waals surface area contributed by atoms with Gasteiger partial charge in [-0.3, -0.25) is 0 Å². The van der Waals surface area contributed by atoms with Gasteiger partial charge in [-0.25, -0.2) is 4.98 Å². The molecule has 3 nitrogen and oxygen atoms in total. The molecule has 1 saturated heterocycles. The predicted molar refractivity (Wildman–Crippen MR) is 48.1 cm³/mol. The van der Waals surface area contributed by atoms with E-state index in [0.29, 0.717) is 5.92 Å². The Kier molecular flexibility index (Phi) is 2.13. The summed E-state index contributed by atoms with van der Waals surface area (Å²) in [7, 11) is 2.18. The molecule has 12 heavy (non-hydrogen) atoms. The fourth-order valence-corrected chi connectivity index (χ4v) is 1.91. The van der Waals surface area contributed by atoms with Crippen molar-refractivity contribution in [3.05, 3.63) is 18.2 Å². The molecule has 2 rings (SSSR count). The molecule has 1 fully saturated rings. The summed E-state index contributed by atoms with van der Waals surface area (Å²) < 4.78 is 0. The van der Waals surface area contributed by atoms with Gasteiger partial charge in [-0.05, 0) is 26.4 Å². The number of H-pyrrole nitrogens is 1. The van der Waals surface area contributed by atoms with Crippen LogP contribution in [0.25, 0.3) is 0 Å². The molecular formula is C9H15N3. The molecular weight excluding hydrogens is 150 g/mol. The van der Waals surface area contributed by atoms with Crippen molar-refractivity contribution in [2.45, 2.75) is 18.8 Å². The van der Waals surface area contributed by atoms with E-state index in [1.807, 2.05) is 6.20 Å². The number of likely N-dealkylation sites (N-methyl/N-ethyl adjacent to an activating group) is 1. The summed E-state index contributed by atoms with van der Waals surface area (Å²) in [5.41, 5.74) is 1.29. The Balaban J connectivity index is 2.04. The lowest BCUT2D eigenvalue weighted by atomic mass is 9.96. The molecule has 1 aliphatic rings. The normalized spacial score (nSPS) is 25.9. The first-order valence-corrected chi connectivity index (χ1v) is 4.53. The summed E-state index contributed by atoms with van der Waals surface area (Å²) in [5.74, 6) is 0.672. The van der Waals surface area contributed by atoms with Gasteiger partial charge < -0.3 is 9.88 Å². The zero-order valence-electron chi connectivity index (χ0n) is 7.45. The van der Waals surface area contributed by atoms with Crippen LogP contribution in [-0.2, 0) is 0 Å². The third kappa shape index (κ3) is 1.50. The second kappa shape index (κ2) is 3.27. The van der Waals surface area contributed by atoms with Gasteiger partial charge in [0.1, 0.15) is 0 Å². The van der Waals surface area contributed by atoms with Crippen LogP contribution in [0.1, 0.15) is 24.5 Å². The number of likely N-dealkylation sites (tertiary alicyclic amines) is 1. The Morgan fingerprint density at radius 1 is 1.67 bits per heavy atom. The average molecular weight is 165 g/mol. The highest BCUT2D eigenvalue weighted by Crippen LogP contribution is 2.23. The maximum Gasteiger partial charge on any atom is 0.0921 e. The van der Waals surface area contributed by atoms with Crippen LogP contribution in [0.15, 0.2) is 12.5 Å². The van der Waals surface area contributed by atoms with Crippen LogP contribution in [0.5, 0.6) is 0 Å². The quantitative estimate of drug-likeness (QED) is 0.678. The zero-order chi connectivity index (χ0) is 8.39. The maximum absolute atomic E-state index is 4.05. The second-order valence-corrected chi connectivity index (χ2v) is 3.61. The largest absolute Gasteiger partial charge is 0.348 e. The lowest BCUT2D eigenvalue weighted by molar-refractivity contribution is 0.249. The maximum atomic E-state index is 4.05. The van der Waals surface area contributed by atoms with Crippen molar-refractivity contribution in [1.29, 1.82) is 0 Å². The van der Waals surface area contributed by atoms with Crippen LogP contribution >= 0.6 is 0 Å². The van der Waals surface area contributed by atoms with Gasteiger partial charge in [0.05, 0.1) is 6.33 Å². The van der Waals surface area contributed by atoms with Crippen LogP contribution in [0.3, 0.4) is 0 Å². The molecule has 1 atom stereocenters. The standard InChI is InChI=1S/C9H15N3/c1-12-4-2-3-8(6-12)9-5-10-7-11-9/h5,7-8H,2-4,6H2,1H3,(H,10,11). The summed E-state index contributed by atoms with van der Waals surface area (Å²) in [5, 5.41) is 0. The molecule has 0 aliphatic carbocycles. The third-order valence-corrected chi connectivity index (χ3v) is 2.58. The van der Waals surface area contributed by atoms with Gasteiger partial charge in [0.2, 0.25) is 0 Å². The SMILES string of the molecule is CN1CCCC(c2cnc[nH]2)C1. The van der Waals surface area contributed by atoms with Gasteiger partial charge in [-0.2, -0.15) is 0 Å². The molecule has 0 radical (unpaired) electrons. The summed E-state index contributed by atoms with van der Waals surface area (Å²) >= 11 is 0. The van der Waals surface area contributed by atoms with Crippen LogP contribution < -0.4 is 0 Å². The van der Waals surface area contributed by atoms with E-state index in [2.05, 4.69) is 21.9 Å². The number of imidazole rings is 1. The second-order valence-electron chi connectivity index (χ2n) is 3.61. The summed E-state index contributed by atoms with van der Waals surface area (Å²) in [4.78, 5) is 9.62. The molecule has 1 aliphatic heterocycles.